The minimum atomic E-state index is -0.732. The molecule has 180 valence electrons. The van der Waals surface area contributed by atoms with Gasteiger partial charge in [-0.3, -0.25) is 14.4 Å². The lowest BCUT2D eigenvalue weighted by atomic mass is 9.82. The smallest absolute Gasteiger partial charge is 0.338 e. The third kappa shape index (κ3) is 4.08. The minimum absolute atomic E-state index is 0.0994. The van der Waals surface area contributed by atoms with Crippen molar-refractivity contribution in [3.05, 3.63) is 68.7 Å². The molecule has 35 heavy (non-hydrogen) atoms. The fourth-order valence-electron chi connectivity index (χ4n) is 5.48. The summed E-state index contributed by atoms with van der Waals surface area (Å²) >= 11 is 9.41. The summed E-state index contributed by atoms with van der Waals surface area (Å²) in [6.07, 6.45) is 2.97. The zero-order chi connectivity index (χ0) is 25.0. The Bertz CT molecular complexity index is 1320. The summed E-state index contributed by atoms with van der Waals surface area (Å²) in [5, 5.41) is 3.11. The zero-order valence-corrected chi connectivity index (χ0v) is 21.4. The molecule has 1 saturated carbocycles. The average Bonchev–Trinajstić information content (AvgIpc) is 3.46. The molecule has 3 aliphatic rings. The number of nitrogens with one attached hydrogen (secondary N) is 1. The van der Waals surface area contributed by atoms with Gasteiger partial charge in [0.1, 0.15) is 0 Å². The Morgan fingerprint density at radius 3 is 2.66 bits per heavy atom. The lowest BCUT2D eigenvalue weighted by Gasteiger charge is -2.19. The van der Waals surface area contributed by atoms with E-state index in [0.29, 0.717) is 20.9 Å². The number of anilines is 2. The van der Waals surface area contributed by atoms with Crippen molar-refractivity contribution in [1.29, 1.82) is 0 Å². The molecule has 5 rings (SSSR count). The molecule has 3 amide bonds. The second-order valence-electron chi connectivity index (χ2n) is 9.24. The Labute approximate surface area is 215 Å². The third-order valence-electron chi connectivity index (χ3n) is 7.10. The zero-order valence-electron chi connectivity index (χ0n) is 19.0. The number of hydrogen-bond acceptors (Lipinski definition) is 5. The summed E-state index contributed by atoms with van der Waals surface area (Å²) in [5.41, 5.74) is 2.96. The lowest BCUT2D eigenvalue weighted by Crippen LogP contribution is -2.33. The molecular formula is C26H22BrClN2O5. The summed E-state index contributed by atoms with van der Waals surface area (Å²) in [5.74, 6) is -2.13. The minimum Gasteiger partial charge on any atom is -0.452 e. The maximum atomic E-state index is 13.2. The van der Waals surface area contributed by atoms with Crippen molar-refractivity contribution in [3.63, 3.8) is 0 Å². The first-order valence-corrected chi connectivity index (χ1v) is 12.4. The van der Waals surface area contributed by atoms with Crippen LogP contribution < -0.4 is 10.2 Å². The number of carbonyl (C=O) groups excluding carboxylic acids is 4. The van der Waals surface area contributed by atoms with Crippen LogP contribution >= 0.6 is 27.5 Å². The fraction of sp³-hybridized carbons (Fsp3) is 0.308. The van der Waals surface area contributed by atoms with E-state index in [1.165, 1.54) is 22.6 Å². The lowest BCUT2D eigenvalue weighted by molar-refractivity contribution is -0.123. The number of halogens is 2. The van der Waals surface area contributed by atoms with Crippen molar-refractivity contribution in [2.75, 3.05) is 16.8 Å². The van der Waals surface area contributed by atoms with Gasteiger partial charge >= 0.3 is 5.97 Å². The number of hydrogen-bond donors (Lipinski definition) is 1. The van der Waals surface area contributed by atoms with Gasteiger partial charge in [0.25, 0.3) is 5.91 Å². The van der Waals surface area contributed by atoms with Crippen LogP contribution in [-0.2, 0) is 19.1 Å². The van der Waals surface area contributed by atoms with Gasteiger partial charge in [0.15, 0.2) is 6.61 Å². The number of imide groups is 1. The number of aryl methyl sites for hydroxylation is 1. The van der Waals surface area contributed by atoms with E-state index in [9.17, 15) is 19.2 Å². The highest BCUT2D eigenvalue weighted by molar-refractivity contribution is 9.10. The second-order valence-corrected chi connectivity index (χ2v) is 10.5. The molecule has 9 heteroatoms. The Balaban J connectivity index is 1.25. The number of esters is 1. The first-order chi connectivity index (χ1) is 16.7. The van der Waals surface area contributed by atoms with Crippen molar-refractivity contribution in [3.8, 4) is 0 Å². The Morgan fingerprint density at radius 2 is 1.89 bits per heavy atom. The highest BCUT2D eigenvalue weighted by Crippen LogP contribution is 2.55. The number of fused-ring (bicyclic) bond motifs is 5. The Kier molecular flexibility index (Phi) is 6.05. The first-order valence-electron chi connectivity index (χ1n) is 11.2. The quantitative estimate of drug-likeness (QED) is 0.320. The number of rotatable bonds is 5. The monoisotopic (exact) mass is 556 g/mol. The van der Waals surface area contributed by atoms with E-state index < -0.39 is 18.5 Å². The molecule has 7 nitrogen and oxygen atoms in total. The van der Waals surface area contributed by atoms with Crippen molar-refractivity contribution < 1.29 is 23.9 Å². The molecule has 1 aliphatic heterocycles. The summed E-state index contributed by atoms with van der Waals surface area (Å²) in [6.45, 7) is 3.32. The van der Waals surface area contributed by atoms with Crippen molar-refractivity contribution >= 4 is 62.6 Å². The molecule has 2 aromatic carbocycles. The predicted octanol–water partition coefficient (Wildman–Crippen LogP) is 4.91. The maximum absolute atomic E-state index is 13.2. The Morgan fingerprint density at radius 1 is 1.14 bits per heavy atom. The van der Waals surface area contributed by atoms with E-state index in [1.807, 2.05) is 13.8 Å². The number of amides is 3. The van der Waals surface area contributed by atoms with Gasteiger partial charge < -0.3 is 10.1 Å². The van der Waals surface area contributed by atoms with E-state index in [4.69, 9.17) is 16.3 Å². The molecule has 2 fully saturated rings. The summed E-state index contributed by atoms with van der Waals surface area (Å²) < 4.78 is 5.88. The molecule has 4 atom stereocenters. The van der Waals surface area contributed by atoms with E-state index in [1.54, 1.807) is 24.3 Å². The molecular weight excluding hydrogens is 536 g/mol. The van der Waals surface area contributed by atoms with Crippen LogP contribution in [-0.4, -0.2) is 30.3 Å². The van der Waals surface area contributed by atoms with Crippen molar-refractivity contribution in [2.45, 2.75) is 20.3 Å². The molecule has 0 spiro atoms. The highest BCUT2D eigenvalue weighted by Gasteiger charge is 2.60. The molecule has 0 aromatic heterocycles. The molecule has 2 aliphatic carbocycles. The largest absolute Gasteiger partial charge is 0.452 e. The normalized spacial score (nSPS) is 24.5. The fourth-order valence-corrected chi connectivity index (χ4v) is 6.10. The molecule has 1 N–H and O–H groups in total. The molecule has 1 heterocycles. The topological polar surface area (TPSA) is 92.8 Å². The summed E-state index contributed by atoms with van der Waals surface area (Å²) in [7, 11) is 0. The van der Waals surface area contributed by atoms with Crippen molar-refractivity contribution in [2.24, 2.45) is 23.7 Å². The van der Waals surface area contributed by atoms with E-state index in [-0.39, 0.29) is 41.0 Å². The number of benzene rings is 2. The van der Waals surface area contributed by atoms with Crippen molar-refractivity contribution in [1.82, 2.24) is 0 Å². The van der Waals surface area contributed by atoms with Crippen LogP contribution in [0.1, 0.15) is 29.3 Å². The predicted molar refractivity (Wildman–Crippen MR) is 134 cm³/mol. The van der Waals surface area contributed by atoms with E-state index in [2.05, 4.69) is 27.3 Å². The van der Waals surface area contributed by atoms with Gasteiger partial charge in [-0.2, -0.15) is 0 Å². The molecule has 2 bridgehead atoms. The third-order valence-corrected chi connectivity index (χ3v) is 8.29. The van der Waals surface area contributed by atoms with Gasteiger partial charge in [-0.1, -0.05) is 29.3 Å². The molecule has 2 aromatic rings. The average molecular weight is 558 g/mol. The van der Waals surface area contributed by atoms with Crippen LogP contribution in [0.2, 0.25) is 5.02 Å². The Hall–Kier alpha value is -2.97. The van der Waals surface area contributed by atoms with Gasteiger partial charge in [-0.25, -0.2) is 9.69 Å². The summed E-state index contributed by atoms with van der Waals surface area (Å²) in [4.78, 5) is 52.4. The van der Waals surface area contributed by atoms with Crippen LogP contribution in [0.25, 0.3) is 0 Å². The van der Waals surface area contributed by atoms with E-state index >= 15 is 0 Å². The first kappa shape index (κ1) is 23.8. The highest BCUT2D eigenvalue weighted by atomic mass is 79.9. The summed E-state index contributed by atoms with van der Waals surface area (Å²) in [6, 6.07) is 9.57. The molecule has 1 saturated heterocycles. The number of nitrogens with zero attached hydrogens (tertiary/aromatic N) is 1. The maximum Gasteiger partial charge on any atom is 0.338 e. The number of ether oxygens (including phenoxy) is 1. The van der Waals surface area contributed by atoms with Crippen LogP contribution in [0.5, 0.6) is 0 Å². The molecule has 0 unspecified atom stereocenters. The van der Waals surface area contributed by atoms with Gasteiger partial charge in [0.05, 0.1) is 28.1 Å². The van der Waals surface area contributed by atoms with Crippen LogP contribution in [0.4, 0.5) is 11.4 Å². The van der Waals surface area contributed by atoms with Crippen LogP contribution in [0.3, 0.4) is 0 Å². The SMILES string of the molecule is CC1=C[C@H]2C[C@H]1[C@H]1C(=O)N(c3cccc(C(=O)OCC(=O)Nc4cc(Cl)c(Br)cc4C)c3)C(=O)[C@H]12. The standard InChI is InChI=1S/C26H22BrClN2O5/c1-12-6-15-9-17(12)23-22(15)24(32)30(25(23)33)16-5-3-4-14(8-16)26(34)35-11-21(31)29-20-10-19(28)18(27)7-13(20)2/h3-8,10,15,17,22-23H,9,11H2,1-2H3,(H,29,31)/t15-,17+,22-,23+/m0/s1. The second kappa shape index (κ2) is 8.91. The van der Waals surface area contributed by atoms with Gasteiger partial charge in [-0.15, -0.1) is 0 Å². The van der Waals surface area contributed by atoms with Gasteiger partial charge in [0.2, 0.25) is 11.8 Å². The molecule has 0 radical (unpaired) electrons. The van der Waals surface area contributed by atoms with Crippen LogP contribution in [0, 0.1) is 30.6 Å². The van der Waals surface area contributed by atoms with E-state index in [0.717, 1.165) is 12.0 Å². The number of carbonyl (C=O) groups is 4. The van der Waals surface area contributed by atoms with Crippen LogP contribution in [0.15, 0.2) is 52.5 Å². The van der Waals surface area contributed by atoms with Gasteiger partial charge in [0, 0.05) is 10.2 Å². The van der Waals surface area contributed by atoms with Gasteiger partial charge in [-0.05, 0) is 83.9 Å². The number of allylic oxidation sites excluding steroid dienone is 2.